The highest BCUT2D eigenvalue weighted by Gasteiger charge is 2.47. The van der Waals surface area contributed by atoms with Gasteiger partial charge >= 0.3 is 0 Å². The Morgan fingerprint density at radius 1 is 1.00 bits per heavy atom. The number of likely N-dealkylation sites (N-methyl/N-ethyl adjacent to an activating group) is 1. The van der Waals surface area contributed by atoms with Crippen LogP contribution < -0.4 is 4.90 Å². The normalized spacial score (nSPS) is 24.9. The third-order valence-electron chi connectivity index (χ3n) is 6.94. The molecule has 1 spiro atoms. The topological polar surface area (TPSA) is 32.3 Å². The molecule has 2 aliphatic heterocycles. The summed E-state index contributed by atoms with van der Waals surface area (Å²) in [5.74, 6) is 1.06. The van der Waals surface area contributed by atoms with E-state index in [1.54, 1.807) is 0 Å². The Labute approximate surface area is 176 Å². The van der Waals surface area contributed by atoms with Gasteiger partial charge in [0.15, 0.2) is 0 Å². The maximum absolute atomic E-state index is 6.52. The maximum Gasteiger partial charge on any atom is 0.224 e. The summed E-state index contributed by atoms with van der Waals surface area (Å²) in [6.07, 6.45) is 8.02. The Hall–Kier alpha value is -1.36. The van der Waals surface area contributed by atoms with Gasteiger partial charge in [0.1, 0.15) is 5.82 Å². The molecule has 0 radical (unpaired) electrons. The molecule has 0 amide bonds. The molecule has 1 aromatic carbocycles. The molecule has 6 heteroatoms. The van der Waals surface area contributed by atoms with E-state index in [1.165, 1.54) is 42.4 Å². The van der Waals surface area contributed by atoms with Gasteiger partial charge in [0.05, 0.1) is 11.2 Å². The quantitative estimate of drug-likeness (QED) is 0.612. The van der Waals surface area contributed by atoms with Gasteiger partial charge in [-0.15, -0.1) is 0 Å². The summed E-state index contributed by atoms with van der Waals surface area (Å²) >= 11 is 12.9. The molecule has 28 heavy (non-hydrogen) atoms. The number of aromatic nitrogens is 2. The molecular formula is C22H26Cl2N4. The number of hydrogen-bond donors (Lipinski definition) is 0. The van der Waals surface area contributed by atoms with E-state index in [4.69, 9.17) is 33.2 Å². The number of fused-ring (bicyclic) bond motifs is 3. The van der Waals surface area contributed by atoms with E-state index in [0.29, 0.717) is 5.28 Å². The van der Waals surface area contributed by atoms with Crippen molar-refractivity contribution >= 4 is 29.0 Å². The molecule has 0 unspecified atom stereocenters. The van der Waals surface area contributed by atoms with E-state index in [-0.39, 0.29) is 5.54 Å². The number of rotatable bonds is 1. The molecule has 0 N–H and O–H groups in total. The van der Waals surface area contributed by atoms with E-state index in [2.05, 4.69) is 29.0 Å². The molecule has 1 aromatic heterocycles. The van der Waals surface area contributed by atoms with E-state index < -0.39 is 0 Å². The minimum absolute atomic E-state index is 0.0407. The first-order valence-corrected chi connectivity index (χ1v) is 11.1. The van der Waals surface area contributed by atoms with Gasteiger partial charge in [0, 0.05) is 36.6 Å². The van der Waals surface area contributed by atoms with Crippen molar-refractivity contribution in [2.24, 2.45) is 0 Å². The van der Waals surface area contributed by atoms with Gasteiger partial charge in [-0.2, -0.15) is 0 Å². The number of hydrogen-bond acceptors (Lipinski definition) is 4. The van der Waals surface area contributed by atoms with Gasteiger partial charge in [-0.1, -0.05) is 36.6 Å². The molecule has 1 aliphatic carbocycles. The summed E-state index contributed by atoms with van der Waals surface area (Å²) in [5.41, 5.74) is 4.99. The first-order chi connectivity index (χ1) is 13.6. The summed E-state index contributed by atoms with van der Waals surface area (Å²) in [4.78, 5) is 14.3. The molecule has 5 rings (SSSR count). The van der Waals surface area contributed by atoms with Crippen LogP contribution in [0.25, 0.3) is 0 Å². The van der Waals surface area contributed by atoms with Crippen LogP contribution in [0.4, 0.5) is 5.82 Å². The minimum Gasteiger partial charge on any atom is -0.356 e. The van der Waals surface area contributed by atoms with Crippen LogP contribution in [0, 0.1) is 0 Å². The van der Waals surface area contributed by atoms with Gasteiger partial charge in [0.25, 0.3) is 0 Å². The van der Waals surface area contributed by atoms with E-state index >= 15 is 0 Å². The summed E-state index contributed by atoms with van der Waals surface area (Å²) < 4.78 is 0. The number of nitrogens with zero attached hydrogens (tertiary/aromatic N) is 4. The van der Waals surface area contributed by atoms with Crippen LogP contribution in [0.1, 0.15) is 54.5 Å². The van der Waals surface area contributed by atoms with Crippen molar-refractivity contribution in [1.82, 2.24) is 14.9 Å². The Bertz CT molecular complexity index is 908. The Kier molecular flexibility index (Phi) is 4.77. The summed E-state index contributed by atoms with van der Waals surface area (Å²) in [6.45, 7) is 2.98. The fraction of sp³-hybridized carbons (Fsp3) is 0.545. The summed E-state index contributed by atoms with van der Waals surface area (Å²) in [5, 5.41) is 1.27. The highest BCUT2D eigenvalue weighted by atomic mass is 35.5. The predicted octanol–water partition coefficient (Wildman–Crippen LogP) is 4.99. The first kappa shape index (κ1) is 18.7. The largest absolute Gasteiger partial charge is 0.356 e. The van der Waals surface area contributed by atoms with Crippen LogP contribution in [-0.4, -0.2) is 35.0 Å². The molecule has 1 atom stereocenters. The van der Waals surface area contributed by atoms with Crippen molar-refractivity contribution in [3.05, 3.63) is 50.9 Å². The second-order valence-corrected chi connectivity index (χ2v) is 9.22. The van der Waals surface area contributed by atoms with E-state index in [1.807, 2.05) is 6.07 Å². The third-order valence-corrected chi connectivity index (χ3v) is 7.47. The van der Waals surface area contributed by atoms with Crippen LogP contribution >= 0.6 is 23.2 Å². The van der Waals surface area contributed by atoms with Crippen LogP contribution in [-0.2, 0) is 24.9 Å². The molecule has 3 aliphatic rings. The molecular weight excluding hydrogens is 391 g/mol. The van der Waals surface area contributed by atoms with Gasteiger partial charge in [-0.05, 0) is 61.5 Å². The zero-order chi connectivity index (χ0) is 19.3. The summed E-state index contributed by atoms with van der Waals surface area (Å²) in [6, 6.07) is 6.33. The predicted molar refractivity (Wildman–Crippen MR) is 114 cm³/mol. The molecule has 1 fully saturated rings. The van der Waals surface area contributed by atoms with Crippen molar-refractivity contribution in [3.63, 3.8) is 0 Å². The second-order valence-electron chi connectivity index (χ2n) is 8.47. The zero-order valence-electron chi connectivity index (χ0n) is 16.3. The van der Waals surface area contributed by atoms with Gasteiger partial charge in [0.2, 0.25) is 5.28 Å². The highest BCUT2D eigenvalue weighted by molar-refractivity contribution is 6.31. The maximum atomic E-state index is 6.52. The van der Waals surface area contributed by atoms with Crippen molar-refractivity contribution in [2.45, 2.75) is 57.0 Å². The lowest BCUT2D eigenvalue weighted by atomic mass is 9.81. The monoisotopic (exact) mass is 416 g/mol. The fourth-order valence-electron chi connectivity index (χ4n) is 5.44. The van der Waals surface area contributed by atoms with Crippen LogP contribution in [0.5, 0.6) is 0 Å². The van der Waals surface area contributed by atoms with Crippen molar-refractivity contribution < 1.29 is 0 Å². The lowest BCUT2D eigenvalue weighted by Gasteiger charge is -2.44. The number of halogens is 2. The third kappa shape index (κ3) is 2.92. The Morgan fingerprint density at radius 3 is 2.57 bits per heavy atom. The van der Waals surface area contributed by atoms with Crippen molar-refractivity contribution in [2.75, 3.05) is 25.0 Å². The van der Waals surface area contributed by atoms with Crippen LogP contribution in [0.15, 0.2) is 18.2 Å². The molecule has 1 saturated heterocycles. The lowest BCUT2D eigenvalue weighted by Crippen LogP contribution is -2.47. The van der Waals surface area contributed by atoms with Gasteiger partial charge in [-0.3, -0.25) is 4.90 Å². The molecule has 148 valence electrons. The van der Waals surface area contributed by atoms with E-state index in [0.717, 1.165) is 55.4 Å². The molecule has 2 aromatic rings. The Morgan fingerprint density at radius 2 is 1.79 bits per heavy atom. The van der Waals surface area contributed by atoms with Gasteiger partial charge < -0.3 is 4.90 Å². The van der Waals surface area contributed by atoms with Crippen LogP contribution in [0.2, 0.25) is 10.3 Å². The van der Waals surface area contributed by atoms with Crippen molar-refractivity contribution in [3.8, 4) is 0 Å². The van der Waals surface area contributed by atoms with Gasteiger partial charge in [-0.25, -0.2) is 9.97 Å². The smallest absolute Gasteiger partial charge is 0.224 e. The minimum atomic E-state index is -0.0407. The highest BCUT2D eigenvalue weighted by Crippen LogP contribution is 2.49. The molecule has 0 saturated carbocycles. The van der Waals surface area contributed by atoms with E-state index in [9.17, 15) is 0 Å². The standard InChI is InChI=1S/C22H26Cl2N4/c1-27-14-16-19(13-22(27)10-9-15-17(22)7-6-8-18(15)23)25-21(24)26-20(16)28-11-4-2-3-5-12-28/h6-8H,2-5,9-14H2,1H3/t22-/m0/s1. The second kappa shape index (κ2) is 7.16. The number of benzene rings is 1. The Balaban J connectivity index is 1.58. The van der Waals surface area contributed by atoms with Crippen LogP contribution in [0.3, 0.4) is 0 Å². The SMILES string of the molecule is CN1Cc2c(nc(Cl)nc2N2CCCCCC2)C[C@]12CCc1c(Cl)cccc12. The van der Waals surface area contributed by atoms with Crippen molar-refractivity contribution in [1.29, 1.82) is 0 Å². The average Bonchev–Trinajstić information content (AvgIpc) is 2.87. The first-order valence-electron chi connectivity index (χ1n) is 10.4. The molecule has 4 nitrogen and oxygen atoms in total. The average molecular weight is 417 g/mol. The molecule has 0 bridgehead atoms. The fourth-order valence-corrected chi connectivity index (χ4v) is 5.89. The molecule has 3 heterocycles. The zero-order valence-corrected chi connectivity index (χ0v) is 17.9. The summed E-state index contributed by atoms with van der Waals surface area (Å²) in [7, 11) is 2.24. The number of anilines is 1. The lowest BCUT2D eigenvalue weighted by molar-refractivity contribution is 0.0931.